The van der Waals surface area contributed by atoms with E-state index in [1.54, 1.807) is 73.5 Å². The van der Waals surface area contributed by atoms with E-state index in [0.29, 0.717) is 55.2 Å². The van der Waals surface area contributed by atoms with Crippen LogP contribution in [0.1, 0.15) is 0 Å². The third kappa shape index (κ3) is 3.86. The Balaban J connectivity index is 1.37. The Morgan fingerprint density at radius 2 is 1.11 bits per heavy atom. The molecule has 0 bridgehead atoms. The van der Waals surface area contributed by atoms with Gasteiger partial charge in [0.05, 0.1) is 36.7 Å². The minimum absolute atomic E-state index is 0.346. The second-order valence-electron chi connectivity index (χ2n) is 7.78. The summed E-state index contributed by atoms with van der Waals surface area (Å²) in [6.45, 7) is 0. The Labute approximate surface area is 211 Å². The average molecular weight is 517 g/mol. The molecule has 0 fully saturated rings. The van der Waals surface area contributed by atoms with Crippen molar-refractivity contribution >= 4 is 44.6 Å². The number of thiazole rings is 2. The summed E-state index contributed by atoms with van der Waals surface area (Å²) in [6.07, 6.45) is 0. The van der Waals surface area contributed by atoms with Gasteiger partial charge in [-0.25, -0.2) is 19.6 Å². The smallest absolute Gasteiger partial charge is 0.345 e. The fourth-order valence-corrected chi connectivity index (χ4v) is 5.50. The van der Waals surface area contributed by atoms with Crippen LogP contribution in [0.5, 0.6) is 11.5 Å². The lowest BCUT2D eigenvalue weighted by Gasteiger charge is -2.03. The first-order valence-corrected chi connectivity index (χ1v) is 12.4. The zero-order valence-electron chi connectivity index (χ0n) is 18.9. The normalized spacial score (nSPS) is 11.3. The van der Waals surface area contributed by atoms with Crippen molar-refractivity contribution in [1.29, 1.82) is 0 Å². The molecule has 0 saturated carbocycles. The van der Waals surface area contributed by atoms with Gasteiger partial charge in [0.25, 0.3) is 0 Å². The molecule has 0 aliphatic rings. The number of rotatable bonds is 5. The van der Waals surface area contributed by atoms with E-state index in [2.05, 4.69) is 9.97 Å². The lowest BCUT2D eigenvalue weighted by molar-refractivity contribution is 0.415. The maximum atomic E-state index is 12.6. The highest BCUT2D eigenvalue weighted by molar-refractivity contribution is 7.20. The van der Waals surface area contributed by atoms with E-state index in [1.807, 2.05) is 0 Å². The molecule has 0 spiro atoms. The SMILES string of the molecule is COc1ccc2oc(=O)c(-c3csc(-c4nc(-c5cc6cc(OC)ccc6oc5=O)cs4)n3)cc2c1. The van der Waals surface area contributed by atoms with Gasteiger partial charge in [0.15, 0.2) is 10.0 Å². The summed E-state index contributed by atoms with van der Waals surface area (Å²) in [5.74, 6) is 1.32. The Morgan fingerprint density at radius 1 is 0.667 bits per heavy atom. The first-order chi connectivity index (χ1) is 17.5. The summed E-state index contributed by atoms with van der Waals surface area (Å²) in [7, 11) is 3.16. The van der Waals surface area contributed by atoms with Crippen molar-refractivity contribution in [3.63, 3.8) is 0 Å². The number of methoxy groups -OCH3 is 2. The summed E-state index contributed by atoms with van der Waals surface area (Å²) in [5.41, 5.74) is 1.65. The molecule has 0 radical (unpaired) electrons. The summed E-state index contributed by atoms with van der Waals surface area (Å²) < 4.78 is 21.5. The standard InChI is InChI=1S/C26H16N2O6S2/c1-31-15-3-5-21-13(7-15)9-17(25(29)33-21)19-11-35-23(27-19)24-28-20(12-36-24)18-10-14-8-16(32-2)4-6-22(14)34-26(18)30/h3-12H,1-2H3. The van der Waals surface area contributed by atoms with Crippen LogP contribution in [0, 0.1) is 0 Å². The molecule has 178 valence electrons. The predicted molar refractivity (Wildman–Crippen MR) is 139 cm³/mol. The second-order valence-corrected chi connectivity index (χ2v) is 9.49. The number of nitrogens with zero attached hydrogens (tertiary/aromatic N) is 2. The zero-order chi connectivity index (χ0) is 24.8. The van der Waals surface area contributed by atoms with Crippen molar-refractivity contribution in [1.82, 2.24) is 9.97 Å². The fourth-order valence-electron chi connectivity index (χ4n) is 3.81. The van der Waals surface area contributed by atoms with Crippen molar-refractivity contribution in [2.45, 2.75) is 0 Å². The molecule has 4 heterocycles. The van der Waals surface area contributed by atoms with Gasteiger partial charge >= 0.3 is 11.3 Å². The second kappa shape index (κ2) is 8.74. The van der Waals surface area contributed by atoms with Gasteiger partial charge in [-0.15, -0.1) is 22.7 Å². The Hall–Kier alpha value is -4.28. The molecule has 8 nitrogen and oxygen atoms in total. The summed E-state index contributed by atoms with van der Waals surface area (Å²) >= 11 is 2.71. The van der Waals surface area contributed by atoms with E-state index in [0.717, 1.165) is 10.8 Å². The van der Waals surface area contributed by atoms with Gasteiger partial charge in [0.2, 0.25) is 0 Å². The van der Waals surface area contributed by atoms with Gasteiger partial charge in [-0.3, -0.25) is 0 Å². The Bertz CT molecular complexity index is 1740. The number of fused-ring (bicyclic) bond motifs is 2. The summed E-state index contributed by atoms with van der Waals surface area (Å²) in [5, 5.41) is 6.28. The van der Waals surface area contributed by atoms with Gasteiger partial charge in [0.1, 0.15) is 22.7 Å². The third-order valence-electron chi connectivity index (χ3n) is 5.62. The van der Waals surface area contributed by atoms with Gasteiger partial charge in [-0.05, 0) is 48.5 Å². The molecule has 2 aromatic carbocycles. The molecule has 0 unspecified atom stereocenters. The highest BCUT2D eigenvalue weighted by Gasteiger charge is 2.17. The van der Waals surface area contributed by atoms with Crippen LogP contribution in [0.3, 0.4) is 0 Å². The zero-order valence-corrected chi connectivity index (χ0v) is 20.6. The summed E-state index contributed by atoms with van der Waals surface area (Å²) in [6, 6.07) is 13.9. The van der Waals surface area contributed by atoms with Crippen molar-refractivity contribution in [3.05, 3.63) is 80.1 Å². The van der Waals surface area contributed by atoms with E-state index in [-0.39, 0.29) is 0 Å². The van der Waals surface area contributed by atoms with Gasteiger partial charge in [-0.2, -0.15) is 0 Å². The fraction of sp³-hybridized carbons (Fsp3) is 0.0769. The predicted octanol–water partition coefficient (Wildman–Crippen LogP) is 5.83. The maximum Gasteiger partial charge on any atom is 0.345 e. The van der Waals surface area contributed by atoms with Crippen LogP contribution in [0.2, 0.25) is 0 Å². The van der Waals surface area contributed by atoms with Gasteiger partial charge in [0, 0.05) is 21.5 Å². The van der Waals surface area contributed by atoms with E-state index in [9.17, 15) is 9.59 Å². The molecule has 0 saturated heterocycles. The van der Waals surface area contributed by atoms with E-state index >= 15 is 0 Å². The monoisotopic (exact) mass is 516 g/mol. The van der Waals surface area contributed by atoms with Crippen molar-refractivity contribution in [3.8, 4) is 44.0 Å². The number of aromatic nitrogens is 2. The molecule has 6 rings (SSSR count). The van der Waals surface area contributed by atoms with Crippen LogP contribution < -0.4 is 20.7 Å². The molecular formula is C26H16N2O6S2. The highest BCUT2D eigenvalue weighted by atomic mass is 32.1. The number of hydrogen-bond acceptors (Lipinski definition) is 10. The van der Waals surface area contributed by atoms with E-state index in [1.165, 1.54) is 22.7 Å². The van der Waals surface area contributed by atoms with Crippen LogP contribution in [-0.2, 0) is 0 Å². The van der Waals surface area contributed by atoms with Crippen molar-refractivity contribution in [2.24, 2.45) is 0 Å². The Kier molecular flexibility index (Phi) is 5.39. The van der Waals surface area contributed by atoms with Gasteiger partial charge in [-0.1, -0.05) is 0 Å². The van der Waals surface area contributed by atoms with Crippen LogP contribution in [0.15, 0.2) is 77.7 Å². The van der Waals surface area contributed by atoms with Crippen molar-refractivity contribution in [2.75, 3.05) is 14.2 Å². The lowest BCUT2D eigenvalue weighted by Crippen LogP contribution is -2.03. The number of benzene rings is 2. The number of hydrogen-bond donors (Lipinski definition) is 0. The molecule has 0 aliphatic carbocycles. The molecule has 0 amide bonds. The topological polar surface area (TPSA) is 105 Å². The minimum atomic E-state index is -0.478. The third-order valence-corrected chi connectivity index (χ3v) is 7.45. The molecule has 6 aromatic rings. The van der Waals surface area contributed by atoms with Crippen LogP contribution in [-0.4, -0.2) is 24.2 Å². The molecule has 10 heteroatoms. The number of ether oxygens (including phenoxy) is 2. The molecule has 36 heavy (non-hydrogen) atoms. The lowest BCUT2D eigenvalue weighted by atomic mass is 10.1. The highest BCUT2D eigenvalue weighted by Crippen LogP contribution is 2.34. The van der Waals surface area contributed by atoms with Crippen LogP contribution in [0.4, 0.5) is 0 Å². The minimum Gasteiger partial charge on any atom is -0.497 e. The average Bonchev–Trinajstić information content (AvgIpc) is 3.57. The largest absolute Gasteiger partial charge is 0.497 e. The summed E-state index contributed by atoms with van der Waals surface area (Å²) in [4.78, 5) is 34.5. The molecule has 0 N–H and O–H groups in total. The van der Waals surface area contributed by atoms with E-state index < -0.39 is 11.3 Å². The van der Waals surface area contributed by atoms with E-state index in [4.69, 9.17) is 18.3 Å². The molecule has 0 aliphatic heterocycles. The van der Waals surface area contributed by atoms with Gasteiger partial charge < -0.3 is 18.3 Å². The first-order valence-electron chi connectivity index (χ1n) is 10.7. The van der Waals surface area contributed by atoms with Crippen LogP contribution >= 0.6 is 22.7 Å². The van der Waals surface area contributed by atoms with Crippen LogP contribution in [0.25, 0.3) is 54.5 Å². The molecule has 0 atom stereocenters. The molecular weight excluding hydrogens is 500 g/mol. The first kappa shape index (κ1) is 22.2. The Morgan fingerprint density at radius 3 is 1.53 bits per heavy atom. The molecule has 4 aromatic heterocycles. The maximum absolute atomic E-state index is 12.6. The quantitative estimate of drug-likeness (QED) is 0.264. The van der Waals surface area contributed by atoms with Crippen molar-refractivity contribution < 1.29 is 18.3 Å².